The summed E-state index contributed by atoms with van der Waals surface area (Å²) in [6.45, 7) is 9.08. The minimum Gasteiger partial charge on any atom is -0.481 e. The van der Waals surface area contributed by atoms with Gasteiger partial charge in [0.1, 0.15) is 0 Å². The van der Waals surface area contributed by atoms with Crippen LogP contribution in [-0.2, 0) is 15.6 Å². The predicted octanol–water partition coefficient (Wildman–Crippen LogP) is 6.68. The van der Waals surface area contributed by atoms with Gasteiger partial charge in [-0.15, -0.1) is 0 Å². The van der Waals surface area contributed by atoms with Gasteiger partial charge in [-0.2, -0.15) is 0 Å². The van der Waals surface area contributed by atoms with Gasteiger partial charge >= 0.3 is 12.0 Å². The third-order valence-corrected chi connectivity index (χ3v) is 9.58. The summed E-state index contributed by atoms with van der Waals surface area (Å²) in [6.07, 6.45) is 10.4. The molecule has 0 aromatic heterocycles. The lowest BCUT2D eigenvalue weighted by Gasteiger charge is -2.34. The normalized spacial score (nSPS) is 27.5. The molecule has 1 unspecified atom stereocenters. The molecule has 37 heavy (non-hydrogen) atoms. The monoisotopic (exact) mass is 527 g/mol. The molecule has 0 radical (unpaired) electrons. The van der Waals surface area contributed by atoms with E-state index >= 15 is 0 Å². The molecule has 6 nitrogen and oxygen atoms in total. The van der Waals surface area contributed by atoms with Crippen molar-refractivity contribution in [2.24, 2.45) is 11.8 Å². The van der Waals surface area contributed by atoms with Crippen LogP contribution in [0, 0.1) is 11.8 Å². The van der Waals surface area contributed by atoms with Crippen molar-refractivity contribution in [2.45, 2.75) is 114 Å². The van der Waals surface area contributed by atoms with Crippen LogP contribution in [0.15, 0.2) is 23.8 Å². The molecule has 1 aromatic carbocycles. The molecule has 3 saturated carbocycles. The first-order valence-electron chi connectivity index (χ1n) is 14.1. The van der Waals surface area contributed by atoms with Crippen LogP contribution >= 0.6 is 11.6 Å². The Morgan fingerprint density at radius 2 is 1.81 bits per heavy atom. The molecule has 1 heterocycles. The zero-order valence-corrected chi connectivity index (χ0v) is 23.5. The maximum Gasteiger partial charge on any atom is 0.338 e. The minimum absolute atomic E-state index is 0.00103. The number of carboxylic acids is 1. The Hall–Kier alpha value is -2.21. The van der Waals surface area contributed by atoms with E-state index in [2.05, 4.69) is 56.6 Å². The summed E-state index contributed by atoms with van der Waals surface area (Å²) in [6, 6.07) is 6.53. The van der Waals surface area contributed by atoms with Gasteiger partial charge in [0.15, 0.2) is 5.50 Å². The Balaban J connectivity index is 1.45. The van der Waals surface area contributed by atoms with Gasteiger partial charge in [0.05, 0.1) is 11.6 Å². The Labute approximate surface area is 226 Å². The number of urea groups is 1. The maximum absolute atomic E-state index is 13.3. The second-order valence-electron chi connectivity index (χ2n) is 13.2. The summed E-state index contributed by atoms with van der Waals surface area (Å²) in [5.74, 6) is -0.585. The second-order valence-corrected chi connectivity index (χ2v) is 13.6. The van der Waals surface area contributed by atoms with Gasteiger partial charge in [-0.3, -0.25) is 10.2 Å². The zero-order valence-electron chi connectivity index (χ0n) is 22.7. The standard InChI is InChI=1S/C30H42ClN3O3/c1-29(2,3)21-13-19(14-22(17-21)30(4)10-11-30)25-24(12-18-8-6-5-7-9-18)26(31)34(33-25)28(37)32-23-15-20(16-23)27(35)36/h13-14,17-18,20,23,26,33H,5-12,15-16H2,1-4H3,(H,32,37)(H,35,36). The summed E-state index contributed by atoms with van der Waals surface area (Å²) in [7, 11) is 0. The maximum atomic E-state index is 13.3. The van der Waals surface area contributed by atoms with E-state index in [1.807, 2.05) is 0 Å². The molecule has 0 saturated heterocycles. The molecule has 3 fully saturated rings. The van der Waals surface area contributed by atoms with E-state index in [-0.39, 0.29) is 28.8 Å². The van der Waals surface area contributed by atoms with Gasteiger partial charge in [-0.25, -0.2) is 9.80 Å². The average molecular weight is 528 g/mol. The highest BCUT2D eigenvalue weighted by Crippen LogP contribution is 2.49. The number of alkyl halides is 1. The van der Waals surface area contributed by atoms with Crippen LogP contribution < -0.4 is 10.7 Å². The number of carbonyl (C=O) groups excluding carboxylic acids is 1. The third-order valence-electron chi connectivity index (χ3n) is 9.12. The lowest BCUT2D eigenvalue weighted by molar-refractivity contribution is -0.145. The molecule has 1 atom stereocenters. The Bertz CT molecular complexity index is 1070. The molecule has 0 bridgehead atoms. The fourth-order valence-corrected chi connectivity index (χ4v) is 6.38. The van der Waals surface area contributed by atoms with E-state index < -0.39 is 11.5 Å². The van der Waals surface area contributed by atoms with Crippen molar-refractivity contribution in [1.82, 2.24) is 15.8 Å². The summed E-state index contributed by atoms with van der Waals surface area (Å²) >= 11 is 7.05. The van der Waals surface area contributed by atoms with Gasteiger partial charge in [0.2, 0.25) is 0 Å². The van der Waals surface area contributed by atoms with E-state index in [0.29, 0.717) is 18.8 Å². The number of hydrazine groups is 1. The van der Waals surface area contributed by atoms with Crippen LogP contribution in [0.25, 0.3) is 5.70 Å². The molecule has 1 aromatic rings. The van der Waals surface area contributed by atoms with E-state index in [0.717, 1.165) is 23.3 Å². The number of amides is 2. The molecule has 3 aliphatic carbocycles. The molecule has 2 amide bonds. The van der Waals surface area contributed by atoms with Crippen LogP contribution in [0.3, 0.4) is 0 Å². The van der Waals surface area contributed by atoms with E-state index in [1.165, 1.54) is 61.1 Å². The number of hydrogen-bond donors (Lipinski definition) is 3. The molecule has 5 rings (SSSR count). The number of aliphatic carboxylic acids is 1. The van der Waals surface area contributed by atoms with Crippen LogP contribution in [0.5, 0.6) is 0 Å². The topological polar surface area (TPSA) is 81.7 Å². The quantitative estimate of drug-likeness (QED) is 0.285. The molecular weight excluding hydrogens is 486 g/mol. The number of halogens is 1. The first kappa shape index (κ1) is 26.4. The van der Waals surface area contributed by atoms with Crippen molar-refractivity contribution in [3.8, 4) is 0 Å². The highest BCUT2D eigenvalue weighted by atomic mass is 35.5. The number of carbonyl (C=O) groups is 2. The molecule has 0 spiro atoms. The molecule has 1 aliphatic heterocycles. The van der Waals surface area contributed by atoms with E-state index in [4.69, 9.17) is 11.6 Å². The summed E-state index contributed by atoms with van der Waals surface area (Å²) < 4.78 is 0. The van der Waals surface area contributed by atoms with Crippen molar-refractivity contribution < 1.29 is 14.7 Å². The largest absolute Gasteiger partial charge is 0.481 e. The Kier molecular flexibility index (Phi) is 7.01. The van der Waals surface area contributed by atoms with Crippen molar-refractivity contribution in [1.29, 1.82) is 0 Å². The molecule has 4 aliphatic rings. The Morgan fingerprint density at radius 3 is 2.41 bits per heavy atom. The summed E-state index contributed by atoms with van der Waals surface area (Å²) in [5, 5.41) is 13.7. The fourth-order valence-electron chi connectivity index (χ4n) is 6.04. The van der Waals surface area contributed by atoms with Gasteiger partial charge in [0.25, 0.3) is 0 Å². The smallest absolute Gasteiger partial charge is 0.338 e. The molecular formula is C30H42ClN3O3. The van der Waals surface area contributed by atoms with E-state index in [9.17, 15) is 14.7 Å². The number of nitrogens with zero attached hydrogens (tertiary/aromatic N) is 1. The molecule has 3 N–H and O–H groups in total. The van der Waals surface area contributed by atoms with Crippen LogP contribution in [0.1, 0.15) is 109 Å². The highest BCUT2D eigenvalue weighted by molar-refractivity contribution is 6.24. The van der Waals surface area contributed by atoms with Crippen LogP contribution in [-0.4, -0.2) is 33.7 Å². The van der Waals surface area contributed by atoms with Gasteiger partial charge in [-0.05, 0) is 77.7 Å². The fraction of sp³-hybridized carbons (Fsp3) is 0.667. The minimum atomic E-state index is -0.794. The van der Waals surface area contributed by atoms with Gasteiger partial charge < -0.3 is 10.4 Å². The first-order valence-corrected chi connectivity index (χ1v) is 14.5. The molecule has 7 heteroatoms. The van der Waals surface area contributed by atoms with Crippen molar-refractivity contribution in [2.75, 3.05) is 0 Å². The van der Waals surface area contributed by atoms with Gasteiger partial charge in [0, 0.05) is 11.6 Å². The van der Waals surface area contributed by atoms with Crippen molar-refractivity contribution in [3.63, 3.8) is 0 Å². The molecule has 202 valence electrons. The van der Waals surface area contributed by atoms with Crippen LogP contribution in [0.2, 0.25) is 0 Å². The zero-order chi connectivity index (χ0) is 26.5. The number of hydrogen-bond acceptors (Lipinski definition) is 3. The number of carboxylic acid groups (broad SMARTS) is 1. The second kappa shape index (κ2) is 9.83. The first-order chi connectivity index (χ1) is 17.4. The number of rotatable bonds is 6. The van der Waals surface area contributed by atoms with Crippen molar-refractivity contribution in [3.05, 3.63) is 40.5 Å². The highest BCUT2D eigenvalue weighted by Gasteiger charge is 2.42. The third kappa shape index (κ3) is 5.50. The van der Waals surface area contributed by atoms with E-state index in [1.54, 1.807) is 0 Å². The average Bonchev–Trinajstić information content (AvgIpc) is 3.50. The van der Waals surface area contributed by atoms with Crippen molar-refractivity contribution >= 4 is 29.3 Å². The number of benzene rings is 1. The van der Waals surface area contributed by atoms with Crippen LogP contribution in [0.4, 0.5) is 4.79 Å². The predicted molar refractivity (Wildman–Crippen MR) is 147 cm³/mol. The Morgan fingerprint density at radius 1 is 1.14 bits per heavy atom. The summed E-state index contributed by atoms with van der Waals surface area (Å²) in [5.41, 5.74) is 8.89. The summed E-state index contributed by atoms with van der Waals surface area (Å²) in [4.78, 5) is 24.5. The lowest BCUT2D eigenvalue weighted by atomic mass is 9.80. The number of nitrogens with one attached hydrogen (secondary N) is 2. The lowest BCUT2D eigenvalue weighted by Crippen LogP contribution is -2.54. The SMILES string of the molecule is CC(C)(C)c1cc(C2=C(CC3CCCCC3)C(Cl)N(C(=O)NC3CC(C(=O)O)C3)N2)cc(C2(C)CC2)c1. The van der Waals surface area contributed by atoms with Gasteiger partial charge in [-0.1, -0.05) is 77.5 Å².